The van der Waals surface area contributed by atoms with E-state index in [1.807, 2.05) is 11.0 Å². The maximum Gasteiger partial charge on any atom is 0.260 e. The van der Waals surface area contributed by atoms with E-state index in [0.29, 0.717) is 24.7 Å². The van der Waals surface area contributed by atoms with E-state index in [0.717, 1.165) is 10.6 Å². The van der Waals surface area contributed by atoms with Crippen molar-refractivity contribution >= 4 is 54.9 Å². The molecule has 2 aliphatic heterocycles. The zero-order valence-electron chi connectivity index (χ0n) is 23.6. The fourth-order valence-electron chi connectivity index (χ4n) is 4.89. The van der Waals surface area contributed by atoms with Crippen LogP contribution in [0, 0.1) is 18.3 Å². The number of rotatable bonds is 6. The van der Waals surface area contributed by atoms with E-state index >= 15 is 0 Å². The molecule has 1 fully saturated rings. The number of nitrogens with one attached hydrogen (secondary N) is 1. The summed E-state index contributed by atoms with van der Waals surface area (Å²) in [4.78, 5) is 37.8. The lowest BCUT2D eigenvalue weighted by atomic mass is 10.1. The van der Waals surface area contributed by atoms with Crippen LogP contribution < -0.4 is 19.4 Å². The topological polar surface area (TPSA) is 177 Å². The molecule has 0 aliphatic carbocycles. The minimum absolute atomic E-state index is 0.0603. The van der Waals surface area contributed by atoms with Crippen molar-refractivity contribution in [2.75, 3.05) is 65.4 Å². The number of carbonyl (C=O) groups is 2. The van der Waals surface area contributed by atoms with Crippen molar-refractivity contribution in [1.29, 1.82) is 5.26 Å². The maximum atomic E-state index is 13.7. The van der Waals surface area contributed by atoms with Gasteiger partial charge in [0, 0.05) is 38.9 Å². The van der Waals surface area contributed by atoms with E-state index in [1.54, 1.807) is 25.1 Å². The SMILES string of the molecule is Cc1cc(C#N)nc(N2CCN(S(=O)(=O)c3ccc4c(c3)NC(=O)CN4C(=O)c3ccccc3N(C)S(C)(=O)=O)CC2)n1. The summed E-state index contributed by atoms with van der Waals surface area (Å²) in [6.45, 7) is 2.30. The molecule has 3 aromatic rings. The Morgan fingerprint density at radius 3 is 2.40 bits per heavy atom. The normalized spacial score (nSPS) is 15.8. The van der Waals surface area contributed by atoms with Crippen molar-refractivity contribution in [3.8, 4) is 6.07 Å². The number of fused-ring (bicyclic) bond motifs is 1. The van der Waals surface area contributed by atoms with Crippen LogP contribution in [0.3, 0.4) is 0 Å². The number of hydrogen-bond donors (Lipinski definition) is 1. The van der Waals surface area contributed by atoms with Gasteiger partial charge in [-0.25, -0.2) is 26.8 Å². The largest absolute Gasteiger partial charge is 0.338 e. The predicted octanol–water partition coefficient (Wildman–Crippen LogP) is 1.16. The number of aromatic nitrogens is 2. The Kier molecular flexibility index (Phi) is 7.82. The summed E-state index contributed by atoms with van der Waals surface area (Å²) in [5, 5.41) is 11.9. The molecular formula is C27H28N8O6S2. The fourth-order valence-corrected chi connectivity index (χ4v) is 6.86. The van der Waals surface area contributed by atoms with Crippen LogP contribution in [0.4, 0.5) is 23.0 Å². The number of nitrogens with zero attached hydrogens (tertiary/aromatic N) is 7. The highest BCUT2D eigenvalue weighted by Gasteiger charge is 2.34. The lowest BCUT2D eigenvalue weighted by Gasteiger charge is -2.34. The Hall–Kier alpha value is -4.59. The first-order valence-electron chi connectivity index (χ1n) is 13.1. The van der Waals surface area contributed by atoms with Crippen LogP contribution in [0.15, 0.2) is 53.4 Å². The molecule has 224 valence electrons. The van der Waals surface area contributed by atoms with Gasteiger partial charge < -0.3 is 10.2 Å². The Bertz CT molecular complexity index is 1880. The van der Waals surface area contributed by atoms with Crippen molar-refractivity contribution < 1.29 is 26.4 Å². The van der Waals surface area contributed by atoms with Crippen LogP contribution in [-0.4, -0.2) is 89.0 Å². The molecule has 0 saturated carbocycles. The second-order valence-electron chi connectivity index (χ2n) is 10.1. The van der Waals surface area contributed by atoms with Gasteiger partial charge in [0.15, 0.2) is 0 Å². The van der Waals surface area contributed by atoms with E-state index in [4.69, 9.17) is 0 Å². The smallest absolute Gasteiger partial charge is 0.260 e. The third-order valence-corrected chi connectivity index (χ3v) is 10.3. The first-order chi connectivity index (χ1) is 20.3. The first kappa shape index (κ1) is 29.9. The van der Waals surface area contributed by atoms with Gasteiger partial charge in [0.2, 0.25) is 31.9 Å². The molecule has 2 aromatic carbocycles. The molecule has 3 heterocycles. The van der Waals surface area contributed by atoms with Crippen molar-refractivity contribution in [2.45, 2.75) is 11.8 Å². The summed E-state index contributed by atoms with van der Waals surface area (Å²) in [5.41, 5.74) is 1.47. The molecule has 0 atom stereocenters. The van der Waals surface area contributed by atoms with Gasteiger partial charge in [0.1, 0.15) is 18.3 Å². The average molecular weight is 625 g/mol. The molecule has 5 rings (SSSR count). The van der Waals surface area contributed by atoms with Crippen molar-refractivity contribution in [3.05, 3.63) is 65.5 Å². The number of para-hydroxylation sites is 1. The Morgan fingerprint density at radius 2 is 1.72 bits per heavy atom. The van der Waals surface area contributed by atoms with Crippen molar-refractivity contribution in [2.24, 2.45) is 0 Å². The van der Waals surface area contributed by atoms with Gasteiger partial charge in [-0.1, -0.05) is 12.1 Å². The molecule has 1 aromatic heterocycles. The van der Waals surface area contributed by atoms with Crippen LogP contribution in [0.5, 0.6) is 0 Å². The fraction of sp³-hybridized carbons (Fsp3) is 0.296. The summed E-state index contributed by atoms with van der Waals surface area (Å²) < 4.78 is 53.8. The van der Waals surface area contributed by atoms with E-state index in [2.05, 4.69) is 15.3 Å². The maximum absolute atomic E-state index is 13.7. The minimum atomic E-state index is -3.98. The average Bonchev–Trinajstić information content (AvgIpc) is 2.98. The van der Waals surface area contributed by atoms with Crippen LogP contribution in [-0.2, 0) is 24.8 Å². The molecule has 0 bridgehead atoms. The van der Waals surface area contributed by atoms with E-state index in [-0.39, 0.29) is 52.8 Å². The number of nitriles is 1. The van der Waals surface area contributed by atoms with Crippen molar-refractivity contribution in [3.63, 3.8) is 0 Å². The Labute approximate surface area is 249 Å². The molecule has 2 aliphatic rings. The standard InChI is InChI=1S/C27H28N8O6S2/c1-18-14-19(16-28)30-27(29-18)33-10-12-34(13-11-33)43(40,41)20-8-9-24-22(15-20)31-25(36)17-35(24)26(37)21-6-4-5-7-23(21)32(2)42(3,38)39/h4-9,14-15H,10-13,17H2,1-3H3,(H,31,36). The van der Waals surface area contributed by atoms with Gasteiger partial charge in [-0.15, -0.1) is 0 Å². The number of benzene rings is 2. The highest BCUT2D eigenvalue weighted by molar-refractivity contribution is 7.92. The predicted molar refractivity (Wildman–Crippen MR) is 159 cm³/mol. The number of carbonyl (C=O) groups excluding carboxylic acids is 2. The first-order valence-corrected chi connectivity index (χ1v) is 16.4. The molecule has 1 saturated heterocycles. The van der Waals surface area contributed by atoms with Crippen molar-refractivity contribution in [1.82, 2.24) is 14.3 Å². The van der Waals surface area contributed by atoms with Gasteiger partial charge >= 0.3 is 0 Å². The third-order valence-electron chi connectivity index (χ3n) is 7.17. The highest BCUT2D eigenvalue weighted by Crippen LogP contribution is 2.35. The zero-order chi connectivity index (χ0) is 31.1. The zero-order valence-corrected chi connectivity index (χ0v) is 25.2. The van der Waals surface area contributed by atoms with Gasteiger partial charge in [-0.3, -0.25) is 18.8 Å². The van der Waals surface area contributed by atoms with Crippen LogP contribution in [0.1, 0.15) is 21.7 Å². The second kappa shape index (κ2) is 11.2. The van der Waals surface area contributed by atoms with E-state index in [9.17, 15) is 31.7 Å². The monoisotopic (exact) mass is 624 g/mol. The molecular weight excluding hydrogens is 596 g/mol. The number of aryl methyl sites for hydroxylation is 1. The Morgan fingerprint density at radius 1 is 1.02 bits per heavy atom. The number of anilines is 4. The van der Waals surface area contributed by atoms with Gasteiger partial charge in [0.05, 0.1) is 33.8 Å². The van der Waals surface area contributed by atoms with Crippen LogP contribution >= 0.6 is 0 Å². The van der Waals surface area contributed by atoms with Gasteiger partial charge in [-0.05, 0) is 43.3 Å². The number of sulfonamides is 2. The van der Waals surface area contributed by atoms with Gasteiger partial charge in [-0.2, -0.15) is 9.57 Å². The number of amides is 2. The second-order valence-corrected chi connectivity index (χ2v) is 14.0. The minimum Gasteiger partial charge on any atom is -0.338 e. The molecule has 43 heavy (non-hydrogen) atoms. The van der Waals surface area contributed by atoms with E-state index < -0.39 is 31.9 Å². The molecule has 16 heteroatoms. The van der Waals surface area contributed by atoms with Crippen LogP contribution in [0.25, 0.3) is 0 Å². The lowest BCUT2D eigenvalue weighted by Crippen LogP contribution is -2.49. The summed E-state index contributed by atoms with van der Waals surface area (Å²) >= 11 is 0. The summed E-state index contributed by atoms with van der Waals surface area (Å²) in [5.74, 6) is -0.793. The summed E-state index contributed by atoms with van der Waals surface area (Å²) in [7, 11) is -6.33. The van der Waals surface area contributed by atoms with Gasteiger partial charge in [0.25, 0.3) is 5.91 Å². The molecule has 2 amide bonds. The number of hydrogen-bond acceptors (Lipinski definition) is 10. The molecule has 14 nitrogen and oxygen atoms in total. The highest BCUT2D eigenvalue weighted by atomic mass is 32.2. The Balaban J connectivity index is 1.39. The lowest BCUT2D eigenvalue weighted by molar-refractivity contribution is -0.115. The molecule has 0 radical (unpaired) electrons. The third kappa shape index (κ3) is 5.87. The summed E-state index contributed by atoms with van der Waals surface area (Å²) in [6.07, 6.45) is 1.01. The molecule has 0 spiro atoms. The summed E-state index contributed by atoms with van der Waals surface area (Å²) in [6, 6.07) is 13.8. The van der Waals surface area contributed by atoms with E-state index in [1.165, 1.54) is 46.6 Å². The molecule has 1 N–H and O–H groups in total. The quantitative estimate of drug-likeness (QED) is 0.419. The van der Waals surface area contributed by atoms with Crippen LogP contribution in [0.2, 0.25) is 0 Å². The number of piperazine rings is 1. The molecule has 0 unspecified atom stereocenters.